The average molecular weight is 753 g/mol. The van der Waals surface area contributed by atoms with E-state index in [2.05, 4.69) is 4.98 Å². The fraction of sp³-hybridized carbons (Fsp3) is 0.385. The van der Waals surface area contributed by atoms with Crippen LogP contribution in [0.25, 0.3) is 10.9 Å². The van der Waals surface area contributed by atoms with E-state index in [1.165, 1.54) is 61.5 Å². The van der Waals surface area contributed by atoms with Gasteiger partial charge in [0.05, 0.1) is 37.9 Å². The van der Waals surface area contributed by atoms with Gasteiger partial charge < -0.3 is 28.2 Å². The number of halogens is 2. The molecule has 53 heavy (non-hydrogen) atoms. The molecule has 0 saturated heterocycles. The van der Waals surface area contributed by atoms with Crippen molar-refractivity contribution < 1.29 is 51.0 Å². The van der Waals surface area contributed by atoms with Gasteiger partial charge in [0.1, 0.15) is 17.9 Å². The van der Waals surface area contributed by atoms with E-state index in [0.717, 1.165) is 0 Å². The highest BCUT2D eigenvalue weighted by Gasteiger charge is 2.54. The number of ether oxygens (including phenoxy) is 3. The van der Waals surface area contributed by atoms with Crippen LogP contribution in [0.2, 0.25) is 0 Å². The Morgan fingerprint density at radius 3 is 2.11 bits per heavy atom. The minimum atomic E-state index is -3.47. The molecule has 0 atom stereocenters. The standard InChI is InChI=1S/C39H43F2N2O9P/c1-5-50-53(47,51-6-2)25-43(26(3)44)18-7-19-49-36-24-32-30(23-35(36)48-4)33(14-17-42-32)52-34-13-10-28(20-31(34)41)22-38(46)39(15-16-39)37(45)21-27-8-11-29(40)12-9-27/h8-14,17,20,23-24H,5-7,15-16,18-19,21-22,25H2,1-4H3. The minimum absolute atomic E-state index is 0.0288. The highest BCUT2D eigenvalue weighted by molar-refractivity contribution is 7.53. The first-order chi connectivity index (χ1) is 25.4. The number of rotatable bonds is 20. The van der Waals surface area contributed by atoms with E-state index in [9.17, 15) is 23.3 Å². The molecule has 1 amide bonds. The second-order valence-corrected chi connectivity index (χ2v) is 14.7. The summed E-state index contributed by atoms with van der Waals surface area (Å²) in [6.45, 7) is 5.61. The first-order valence-electron chi connectivity index (χ1n) is 17.4. The molecule has 1 aromatic heterocycles. The van der Waals surface area contributed by atoms with E-state index in [1.54, 1.807) is 38.1 Å². The van der Waals surface area contributed by atoms with Gasteiger partial charge in [0.2, 0.25) is 5.91 Å². The SMILES string of the molecule is CCOP(=O)(CN(CCCOc1cc2nccc(Oc3ccc(CC(=O)C4(C(=O)Cc5ccc(F)cc5)CC4)cc3F)c2cc1OC)C(C)=O)OCC. The van der Waals surface area contributed by atoms with Gasteiger partial charge in [0, 0.05) is 44.0 Å². The van der Waals surface area contributed by atoms with Crippen LogP contribution in [0.3, 0.4) is 0 Å². The Hall–Kier alpha value is -4.71. The molecule has 0 bridgehead atoms. The molecule has 0 spiro atoms. The number of amides is 1. The largest absolute Gasteiger partial charge is 0.493 e. The highest BCUT2D eigenvalue weighted by atomic mass is 31.2. The van der Waals surface area contributed by atoms with Crippen molar-refractivity contribution in [1.29, 1.82) is 0 Å². The van der Waals surface area contributed by atoms with Crippen molar-refractivity contribution in [2.45, 2.75) is 52.9 Å². The number of hydrogen-bond acceptors (Lipinski definition) is 10. The number of Topliss-reactive ketones (excluding diaryl/α,β-unsaturated/α-hetero) is 2. The number of nitrogens with zero attached hydrogens (tertiary/aromatic N) is 2. The molecule has 1 aliphatic rings. The lowest BCUT2D eigenvalue weighted by Crippen LogP contribution is -2.32. The lowest BCUT2D eigenvalue weighted by Gasteiger charge is -2.26. The second kappa shape index (κ2) is 17.4. The number of carbonyl (C=O) groups is 3. The zero-order valence-electron chi connectivity index (χ0n) is 30.2. The van der Waals surface area contributed by atoms with E-state index in [0.29, 0.717) is 58.5 Å². The van der Waals surface area contributed by atoms with Gasteiger partial charge in [-0.25, -0.2) is 8.78 Å². The smallest absolute Gasteiger partial charge is 0.349 e. The van der Waals surface area contributed by atoms with Gasteiger partial charge in [0.15, 0.2) is 34.6 Å². The first kappa shape index (κ1) is 39.5. The Bertz CT molecular complexity index is 1990. The summed E-state index contributed by atoms with van der Waals surface area (Å²) in [5, 5.41) is 0.524. The van der Waals surface area contributed by atoms with Crippen LogP contribution in [0.5, 0.6) is 23.0 Å². The monoisotopic (exact) mass is 752 g/mol. The molecular weight excluding hydrogens is 709 g/mol. The quantitative estimate of drug-likeness (QED) is 0.0500. The molecule has 1 aliphatic carbocycles. The summed E-state index contributed by atoms with van der Waals surface area (Å²) in [6.07, 6.45) is 2.54. The number of pyridine rings is 1. The maximum atomic E-state index is 15.4. The number of carbonyl (C=O) groups excluding carboxylic acids is 3. The summed E-state index contributed by atoms with van der Waals surface area (Å²) < 4.78 is 69.8. The summed E-state index contributed by atoms with van der Waals surface area (Å²) in [7, 11) is -1.99. The maximum Gasteiger partial charge on any atom is 0.349 e. The Balaban J connectivity index is 1.22. The molecule has 11 nitrogen and oxygen atoms in total. The van der Waals surface area contributed by atoms with Crippen molar-refractivity contribution in [2.75, 3.05) is 39.8 Å². The zero-order valence-corrected chi connectivity index (χ0v) is 31.1. The lowest BCUT2D eigenvalue weighted by molar-refractivity contribution is -0.134. The van der Waals surface area contributed by atoms with E-state index in [4.69, 9.17) is 23.3 Å². The van der Waals surface area contributed by atoms with Crippen molar-refractivity contribution in [2.24, 2.45) is 5.41 Å². The number of methoxy groups -OCH3 is 1. The molecule has 0 radical (unpaired) electrons. The van der Waals surface area contributed by atoms with Crippen molar-refractivity contribution >= 4 is 36.0 Å². The number of ketones is 2. The van der Waals surface area contributed by atoms with Crippen LogP contribution in [0.1, 0.15) is 51.2 Å². The second-order valence-electron chi connectivity index (χ2n) is 12.7. The number of fused-ring (bicyclic) bond motifs is 1. The van der Waals surface area contributed by atoms with E-state index in [-0.39, 0.29) is 68.7 Å². The molecule has 282 valence electrons. The molecule has 1 fully saturated rings. The number of hydrogen-bond donors (Lipinski definition) is 0. The lowest BCUT2D eigenvalue weighted by atomic mass is 9.88. The molecule has 5 rings (SSSR count). The van der Waals surface area contributed by atoms with Crippen molar-refractivity contribution in [3.8, 4) is 23.0 Å². The molecule has 1 heterocycles. The predicted octanol–water partition coefficient (Wildman–Crippen LogP) is 7.86. The number of benzene rings is 3. The third-order valence-electron chi connectivity index (χ3n) is 8.93. The van der Waals surface area contributed by atoms with Crippen LogP contribution in [-0.4, -0.2) is 67.1 Å². The Morgan fingerprint density at radius 1 is 0.849 bits per heavy atom. The molecule has 4 aromatic rings. The van der Waals surface area contributed by atoms with Crippen molar-refractivity contribution in [1.82, 2.24) is 9.88 Å². The van der Waals surface area contributed by atoms with Gasteiger partial charge >= 0.3 is 7.60 Å². The topological polar surface area (TPSA) is 131 Å². The molecular formula is C39H43F2N2O9P. The van der Waals surface area contributed by atoms with Gasteiger partial charge in [-0.1, -0.05) is 18.2 Å². The Labute approximate surface area is 307 Å². The normalized spacial score (nSPS) is 13.4. The van der Waals surface area contributed by atoms with Crippen molar-refractivity contribution in [3.05, 3.63) is 89.6 Å². The van der Waals surface area contributed by atoms with Crippen LogP contribution in [0.4, 0.5) is 8.78 Å². The van der Waals surface area contributed by atoms with E-state index >= 15 is 4.39 Å². The van der Waals surface area contributed by atoms with Gasteiger partial charge in [-0.2, -0.15) is 0 Å². The van der Waals surface area contributed by atoms with Crippen LogP contribution in [0.15, 0.2) is 66.9 Å². The Morgan fingerprint density at radius 2 is 1.51 bits per heavy atom. The highest BCUT2D eigenvalue weighted by Crippen LogP contribution is 2.49. The van der Waals surface area contributed by atoms with Gasteiger partial charge in [-0.05, 0) is 80.6 Å². The summed E-state index contributed by atoms with van der Waals surface area (Å²) in [5.74, 6) is -0.868. The van der Waals surface area contributed by atoms with E-state index < -0.39 is 24.6 Å². The minimum Gasteiger partial charge on any atom is -0.493 e. The molecule has 0 N–H and O–H groups in total. The molecule has 0 aliphatic heterocycles. The molecule has 3 aromatic carbocycles. The fourth-order valence-corrected chi connectivity index (χ4v) is 7.76. The summed E-state index contributed by atoms with van der Waals surface area (Å²) >= 11 is 0. The third kappa shape index (κ3) is 9.84. The van der Waals surface area contributed by atoms with Gasteiger partial charge in [0.25, 0.3) is 0 Å². The maximum absolute atomic E-state index is 15.4. The Kier molecular flexibility index (Phi) is 13.0. The van der Waals surface area contributed by atoms with Crippen LogP contribution < -0.4 is 14.2 Å². The zero-order chi connectivity index (χ0) is 38.2. The molecule has 1 saturated carbocycles. The van der Waals surface area contributed by atoms with Gasteiger partial charge in [-0.15, -0.1) is 0 Å². The summed E-state index contributed by atoms with van der Waals surface area (Å²) in [4.78, 5) is 44.4. The first-order valence-corrected chi connectivity index (χ1v) is 19.1. The molecule has 0 unspecified atom stereocenters. The average Bonchev–Trinajstić information content (AvgIpc) is 3.94. The van der Waals surface area contributed by atoms with Gasteiger partial charge in [-0.3, -0.25) is 23.9 Å². The van der Waals surface area contributed by atoms with Crippen LogP contribution >= 0.6 is 7.60 Å². The fourth-order valence-electron chi connectivity index (χ4n) is 5.98. The van der Waals surface area contributed by atoms with E-state index in [1.807, 2.05) is 0 Å². The van der Waals surface area contributed by atoms with Crippen LogP contribution in [-0.2, 0) is 40.8 Å². The summed E-state index contributed by atoms with van der Waals surface area (Å²) in [5.41, 5.74) is 0.437. The van der Waals surface area contributed by atoms with Crippen LogP contribution in [0, 0.1) is 17.0 Å². The molecule has 14 heteroatoms. The predicted molar refractivity (Wildman–Crippen MR) is 193 cm³/mol. The summed E-state index contributed by atoms with van der Waals surface area (Å²) in [6, 6.07) is 14.8. The number of aromatic nitrogens is 1. The van der Waals surface area contributed by atoms with Crippen molar-refractivity contribution in [3.63, 3.8) is 0 Å². The third-order valence-corrected chi connectivity index (χ3v) is 10.9.